The largest absolute Gasteiger partial charge is 0.453 e. The second kappa shape index (κ2) is 13.4. The van der Waals surface area contributed by atoms with Crippen molar-refractivity contribution in [3.8, 4) is 45.5 Å². The van der Waals surface area contributed by atoms with Gasteiger partial charge in [0.15, 0.2) is 23.0 Å². The molecule has 2 aromatic heterocycles. The molecule has 6 rings (SSSR count). The van der Waals surface area contributed by atoms with Gasteiger partial charge in [0.25, 0.3) is 0 Å². The Morgan fingerprint density at radius 2 is 1.64 bits per heavy atom. The van der Waals surface area contributed by atoms with Crippen LogP contribution in [-0.2, 0) is 16.0 Å². The van der Waals surface area contributed by atoms with Crippen molar-refractivity contribution in [3.05, 3.63) is 60.4 Å². The van der Waals surface area contributed by atoms with E-state index in [0.717, 1.165) is 72.8 Å². The van der Waals surface area contributed by atoms with Crippen molar-refractivity contribution in [1.82, 2.24) is 35.9 Å². The Bertz CT molecular complexity index is 1660. The maximum Gasteiger partial charge on any atom is 0.407 e. The molecule has 2 aliphatic heterocycles. The first-order chi connectivity index (χ1) is 21.9. The van der Waals surface area contributed by atoms with Crippen molar-refractivity contribution >= 4 is 12.0 Å². The van der Waals surface area contributed by atoms with Crippen LogP contribution in [0.1, 0.15) is 57.2 Å². The van der Waals surface area contributed by atoms with E-state index in [-0.39, 0.29) is 17.9 Å². The zero-order chi connectivity index (χ0) is 31.3. The molecule has 0 aliphatic carbocycles. The molecule has 12 nitrogen and oxygen atoms in total. The number of H-pyrrole nitrogens is 2. The number of nitrogens with one attached hydrogen (secondary N) is 5. The lowest BCUT2D eigenvalue weighted by Gasteiger charge is -2.21. The summed E-state index contributed by atoms with van der Waals surface area (Å²) in [6, 6.07) is 11.4. The summed E-state index contributed by atoms with van der Waals surface area (Å²) >= 11 is 0. The highest BCUT2D eigenvalue weighted by molar-refractivity contribution is 5.85. The molecule has 2 aromatic carbocycles. The van der Waals surface area contributed by atoms with E-state index in [9.17, 15) is 9.59 Å². The quantitative estimate of drug-likeness (QED) is 0.120. The number of methoxy groups -OCH3 is 1. The molecular formula is C33H39N7O5. The summed E-state index contributed by atoms with van der Waals surface area (Å²) < 4.78 is 17.1. The lowest BCUT2D eigenvalue weighted by Crippen LogP contribution is -2.49. The van der Waals surface area contributed by atoms with Crippen LogP contribution in [0.4, 0.5) is 4.79 Å². The zero-order valence-electron chi connectivity index (χ0n) is 25.7. The maximum atomic E-state index is 12.5. The first-order valence-electron chi connectivity index (χ1n) is 15.5. The molecule has 0 spiro atoms. The molecule has 1 saturated heterocycles. The molecule has 4 aromatic rings. The fraction of sp³-hybridized carbons (Fsp3) is 0.394. The standard InChI is InChI=1S/C33H39N7O5/c1-19(2)30(40-33(42)43-3)32(41)35-13-5-4-8-29-36-17-23(38-29)20-9-11-25-27(15-20)44-26-12-10-21(16-28(26)45-25)24-18-37-31(39-24)22-7-6-14-34-22/h9-12,15-19,22,30,34H,4-8,13-14H2,1-3H3,(H,35,41)(H,36,38)(H,37,39)(H,40,42)/t22-,30-/m0/s1. The lowest BCUT2D eigenvalue weighted by molar-refractivity contribution is -0.124. The number of nitrogens with zero attached hydrogens (tertiary/aromatic N) is 2. The van der Waals surface area contributed by atoms with Gasteiger partial charge in [0.2, 0.25) is 5.91 Å². The number of aryl methyl sites for hydroxylation is 1. The first kappa shape index (κ1) is 30.2. The molecular weight excluding hydrogens is 574 g/mol. The summed E-state index contributed by atoms with van der Waals surface area (Å²) in [4.78, 5) is 40.0. The van der Waals surface area contributed by atoms with Crippen molar-refractivity contribution < 1.29 is 23.8 Å². The molecule has 12 heteroatoms. The van der Waals surface area contributed by atoms with Gasteiger partial charge in [0.1, 0.15) is 17.7 Å². The van der Waals surface area contributed by atoms with E-state index >= 15 is 0 Å². The van der Waals surface area contributed by atoms with Gasteiger partial charge >= 0.3 is 6.09 Å². The predicted molar refractivity (Wildman–Crippen MR) is 168 cm³/mol. The topological polar surface area (TPSA) is 155 Å². The number of fused-ring (bicyclic) bond motifs is 2. The molecule has 45 heavy (non-hydrogen) atoms. The Morgan fingerprint density at radius 1 is 0.956 bits per heavy atom. The SMILES string of the molecule is COC(=O)N[C@H](C(=O)NCCCCc1ncc(-c2ccc3c(c2)Oc2ccc(-c4cnc([C@@H]5CCCN5)[nH]4)cc2O3)[nH]1)C(C)C. The van der Waals surface area contributed by atoms with Crippen LogP contribution in [0.25, 0.3) is 22.5 Å². The molecule has 0 saturated carbocycles. The van der Waals surface area contributed by atoms with Crippen molar-refractivity contribution in [3.63, 3.8) is 0 Å². The van der Waals surface area contributed by atoms with Crippen molar-refractivity contribution in [1.29, 1.82) is 0 Å². The van der Waals surface area contributed by atoms with Crippen molar-refractivity contribution in [2.45, 2.75) is 58.0 Å². The molecule has 0 radical (unpaired) electrons. The normalized spacial score (nSPS) is 15.9. The van der Waals surface area contributed by atoms with Crippen LogP contribution in [0.5, 0.6) is 23.0 Å². The van der Waals surface area contributed by atoms with Crippen LogP contribution in [0.2, 0.25) is 0 Å². The van der Waals surface area contributed by atoms with E-state index < -0.39 is 12.1 Å². The maximum absolute atomic E-state index is 12.5. The highest BCUT2D eigenvalue weighted by atomic mass is 16.6. The van der Waals surface area contributed by atoms with Gasteiger partial charge in [-0.05, 0) is 74.5 Å². The fourth-order valence-corrected chi connectivity index (χ4v) is 5.59. The highest BCUT2D eigenvalue weighted by Gasteiger charge is 2.25. The summed E-state index contributed by atoms with van der Waals surface area (Å²) in [5, 5.41) is 8.95. The van der Waals surface area contributed by atoms with Crippen LogP contribution in [0, 0.1) is 5.92 Å². The van der Waals surface area contributed by atoms with Gasteiger partial charge in [0.05, 0.1) is 36.9 Å². The van der Waals surface area contributed by atoms with Gasteiger partial charge in [-0.3, -0.25) is 4.79 Å². The summed E-state index contributed by atoms with van der Waals surface area (Å²) in [5.41, 5.74) is 3.74. The summed E-state index contributed by atoms with van der Waals surface area (Å²) in [7, 11) is 1.28. The zero-order valence-corrected chi connectivity index (χ0v) is 25.7. The van der Waals surface area contributed by atoms with Crippen molar-refractivity contribution in [2.75, 3.05) is 20.2 Å². The number of carbonyl (C=O) groups excluding carboxylic acids is 2. The van der Waals surface area contributed by atoms with E-state index in [0.29, 0.717) is 29.5 Å². The van der Waals surface area contributed by atoms with E-state index in [1.54, 1.807) is 0 Å². The molecule has 5 N–H and O–H groups in total. The Balaban J connectivity index is 1.02. The highest BCUT2D eigenvalue weighted by Crippen LogP contribution is 2.47. The smallest absolute Gasteiger partial charge is 0.407 e. The molecule has 2 atom stereocenters. The molecule has 0 unspecified atom stereocenters. The third-order valence-corrected chi connectivity index (χ3v) is 8.11. The summed E-state index contributed by atoms with van der Waals surface area (Å²) in [6.45, 7) is 5.27. The van der Waals surface area contributed by atoms with E-state index in [1.165, 1.54) is 7.11 Å². The minimum absolute atomic E-state index is 0.0611. The third kappa shape index (κ3) is 6.96. The number of imidazole rings is 2. The number of alkyl carbamates (subject to hydrolysis) is 1. The van der Waals surface area contributed by atoms with Gasteiger partial charge in [-0.15, -0.1) is 0 Å². The second-order valence-electron chi connectivity index (χ2n) is 11.7. The van der Waals surface area contributed by atoms with Gasteiger partial charge in [0, 0.05) is 24.1 Å². The number of hydrogen-bond donors (Lipinski definition) is 5. The summed E-state index contributed by atoms with van der Waals surface area (Å²) in [6.07, 6.45) is 7.66. The number of aromatic nitrogens is 4. The number of ether oxygens (including phenoxy) is 3. The van der Waals surface area contributed by atoms with Crippen LogP contribution in [-0.4, -0.2) is 58.2 Å². The van der Waals surface area contributed by atoms with Gasteiger partial charge < -0.3 is 40.1 Å². The van der Waals surface area contributed by atoms with Crippen LogP contribution in [0.3, 0.4) is 0 Å². The Hall–Kier alpha value is -4.84. The van der Waals surface area contributed by atoms with Crippen LogP contribution >= 0.6 is 0 Å². The lowest BCUT2D eigenvalue weighted by atomic mass is 10.0. The molecule has 1 fully saturated rings. The summed E-state index contributed by atoms with van der Waals surface area (Å²) in [5.74, 6) is 4.13. The number of hydrogen-bond acceptors (Lipinski definition) is 8. The number of carbonyl (C=O) groups is 2. The fourth-order valence-electron chi connectivity index (χ4n) is 5.59. The molecule has 2 amide bonds. The van der Waals surface area contributed by atoms with Gasteiger partial charge in [-0.25, -0.2) is 14.8 Å². The number of unbranched alkanes of at least 4 members (excludes halogenated alkanes) is 1. The second-order valence-corrected chi connectivity index (χ2v) is 11.7. The third-order valence-electron chi connectivity index (χ3n) is 8.11. The van der Waals surface area contributed by atoms with Gasteiger partial charge in [-0.2, -0.15) is 0 Å². The van der Waals surface area contributed by atoms with E-state index in [1.807, 2.05) is 62.6 Å². The Morgan fingerprint density at radius 3 is 2.29 bits per heavy atom. The first-order valence-corrected chi connectivity index (χ1v) is 15.5. The molecule has 2 aliphatic rings. The number of benzene rings is 2. The van der Waals surface area contributed by atoms with Gasteiger partial charge in [-0.1, -0.05) is 13.8 Å². The molecule has 0 bridgehead atoms. The molecule has 4 heterocycles. The van der Waals surface area contributed by atoms with E-state index in [2.05, 4.69) is 40.6 Å². The van der Waals surface area contributed by atoms with Crippen molar-refractivity contribution in [2.24, 2.45) is 5.92 Å². The van der Waals surface area contributed by atoms with Crippen LogP contribution < -0.4 is 25.4 Å². The average Bonchev–Trinajstić information content (AvgIpc) is 3.84. The Kier molecular flexibility index (Phi) is 9.01. The molecule has 236 valence electrons. The predicted octanol–water partition coefficient (Wildman–Crippen LogP) is 5.61. The van der Waals surface area contributed by atoms with Crippen LogP contribution in [0.15, 0.2) is 48.8 Å². The number of aromatic amines is 2. The number of rotatable bonds is 11. The minimum atomic E-state index is -0.642. The average molecular weight is 614 g/mol. The minimum Gasteiger partial charge on any atom is -0.453 e. The van der Waals surface area contributed by atoms with E-state index in [4.69, 9.17) is 9.47 Å². The monoisotopic (exact) mass is 613 g/mol. The Labute approximate surface area is 261 Å². The number of amides is 2.